The highest BCUT2D eigenvalue weighted by molar-refractivity contribution is 5.92. The Labute approximate surface area is 54.9 Å². The Hall–Kier alpha value is -0.830. The summed E-state index contributed by atoms with van der Waals surface area (Å²) in [6, 6.07) is 0. The Morgan fingerprint density at radius 1 is 1.78 bits per heavy atom. The van der Waals surface area contributed by atoms with Crippen LogP contribution in [0.1, 0.15) is 6.92 Å². The zero-order valence-electron chi connectivity index (χ0n) is 5.52. The molecule has 0 atom stereocenters. The van der Waals surface area contributed by atoms with E-state index in [4.69, 9.17) is 10.5 Å². The van der Waals surface area contributed by atoms with Gasteiger partial charge < -0.3 is 15.8 Å². The number of hydrogen-bond acceptors (Lipinski definition) is 3. The van der Waals surface area contributed by atoms with Crippen LogP contribution in [-0.2, 0) is 0 Å². The lowest BCUT2D eigenvalue weighted by atomic mass is 10.4. The van der Waals surface area contributed by atoms with Crippen molar-refractivity contribution < 1.29 is 5.11 Å². The second kappa shape index (κ2) is 5.31. The molecule has 0 amide bonds. The molecule has 0 aliphatic heterocycles. The molecule has 0 heterocycles. The van der Waals surface area contributed by atoms with E-state index in [2.05, 4.69) is 5.32 Å². The molecule has 3 N–H and O–H groups in total. The van der Waals surface area contributed by atoms with Gasteiger partial charge in [-0.15, -0.1) is 0 Å². The van der Waals surface area contributed by atoms with Crippen molar-refractivity contribution in [3.05, 3.63) is 12.3 Å². The van der Waals surface area contributed by atoms with Gasteiger partial charge in [0.25, 0.3) is 0 Å². The lowest BCUT2D eigenvalue weighted by Gasteiger charge is -1.91. The fraction of sp³-hybridized carbons (Fsp3) is 0.500. The van der Waals surface area contributed by atoms with Crippen LogP contribution in [0.5, 0.6) is 0 Å². The minimum atomic E-state index is -0.193. The van der Waals surface area contributed by atoms with Gasteiger partial charge in [0.15, 0.2) is 0 Å². The Morgan fingerprint density at radius 3 is 2.89 bits per heavy atom. The summed E-state index contributed by atoms with van der Waals surface area (Å²) in [5, 5.41) is 18.2. The van der Waals surface area contributed by atoms with Crippen molar-refractivity contribution in [1.29, 1.82) is 5.41 Å². The molecule has 52 valence electrons. The van der Waals surface area contributed by atoms with Gasteiger partial charge >= 0.3 is 0 Å². The summed E-state index contributed by atoms with van der Waals surface area (Å²) in [7, 11) is 0. The monoisotopic (exact) mass is 128 g/mol. The summed E-state index contributed by atoms with van der Waals surface area (Å²) in [6.45, 7) is 2.62. The molecule has 0 aliphatic carbocycles. The van der Waals surface area contributed by atoms with E-state index >= 15 is 0 Å². The maximum Gasteiger partial charge on any atom is 0.0846 e. The second-order valence-electron chi connectivity index (χ2n) is 1.57. The maximum atomic E-state index is 8.33. The normalized spacial score (nSPS) is 10.0. The third-order valence-corrected chi connectivity index (χ3v) is 0.777. The number of rotatable bonds is 4. The lowest BCUT2D eigenvalue weighted by molar-refractivity contribution is 0.357. The topological polar surface area (TPSA) is 56.1 Å². The molecular weight excluding hydrogens is 116 g/mol. The van der Waals surface area contributed by atoms with Gasteiger partial charge in [-0.25, -0.2) is 0 Å². The van der Waals surface area contributed by atoms with Crippen LogP contribution in [0.2, 0.25) is 0 Å². The van der Waals surface area contributed by atoms with Crippen LogP contribution in [0.3, 0.4) is 0 Å². The van der Waals surface area contributed by atoms with Crippen molar-refractivity contribution in [2.24, 2.45) is 0 Å². The van der Waals surface area contributed by atoms with Gasteiger partial charge in [-0.1, -0.05) is 0 Å². The molecule has 3 nitrogen and oxygen atoms in total. The van der Waals surface area contributed by atoms with E-state index < -0.39 is 0 Å². The van der Waals surface area contributed by atoms with Crippen molar-refractivity contribution >= 4 is 5.71 Å². The summed E-state index contributed by atoms with van der Waals surface area (Å²) in [4.78, 5) is 0. The molecule has 0 spiro atoms. The van der Waals surface area contributed by atoms with Crippen molar-refractivity contribution in [3.63, 3.8) is 0 Å². The molecule has 0 radical (unpaired) electrons. The van der Waals surface area contributed by atoms with Gasteiger partial charge in [0, 0.05) is 6.54 Å². The first-order chi connectivity index (χ1) is 4.31. The Balaban J connectivity index is 3.32. The zero-order valence-corrected chi connectivity index (χ0v) is 5.52. The van der Waals surface area contributed by atoms with Crippen LogP contribution in [0.25, 0.3) is 0 Å². The lowest BCUT2D eigenvalue weighted by Crippen LogP contribution is -2.05. The largest absolute Gasteiger partial charge is 0.391 e. The highest BCUT2D eigenvalue weighted by Crippen LogP contribution is 1.72. The van der Waals surface area contributed by atoms with E-state index in [1.165, 1.54) is 6.08 Å². The molecule has 9 heavy (non-hydrogen) atoms. The zero-order chi connectivity index (χ0) is 7.11. The van der Waals surface area contributed by atoms with Crippen LogP contribution >= 0.6 is 0 Å². The standard InChI is InChI=1S/C6H12N2O/c1-2-8-4-3-6(7)5-9/h3-4,7-9H,2,5H2,1H3/b4-3-,7-6?. The van der Waals surface area contributed by atoms with Crippen LogP contribution < -0.4 is 5.32 Å². The smallest absolute Gasteiger partial charge is 0.0846 e. The molecule has 0 bridgehead atoms. The second-order valence-corrected chi connectivity index (χ2v) is 1.57. The van der Waals surface area contributed by atoms with Crippen molar-refractivity contribution in [2.45, 2.75) is 6.92 Å². The van der Waals surface area contributed by atoms with E-state index in [9.17, 15) is 0 Å². The third kappa shape index (κ3) is 5.03. The first-order valence-corrected chi connectivity index (χ1v) is 2.89. The Kier molecular flexibility index (Phi) is 4.82. The Bertz CT molecular complexity index is 110. The number of aliphatic hydroxyl groups excluding tert-OH is 1. The fourth-order valence-corrected chi connectivity index (χ4v) is 0.330. The summed E-state index contributed by atoms with van der Waals surface area (Å²) in [5.74, 6) is 0. The summed E-state index contributed by atoms with van der Waals surface area (Å²) >= 11 is 0. The first kappa shape index (κ1) is 8.17. The molecule has 0 unspecified atom stereocenters. The van der Waals surface area contributed by atoms with Gasteiger partial charge in [0.2, 0.25) is 0 Å². The van der Waals surface area contributed by atoms with Gasteiger partial charge in [0.1, 0.15) is 0 Å². The van der Waals surface area contributed by atoms with Gasteiger partial charge in [-0.05, 0) is 19.2 Å². The average molecular weight is 128 g/mol. The molecule has 3 heteroatoms. The minimum Gasteiger partial charge on any atom is -0.391 e. The predicted molar refractivity (Wildman–Crippen MR) is 37.6 cm³/mol. The maximum absolute atomic E-state index is 8.33. The van der Waals surface area contributed by atoms with Crippen molar-refractivity contribution in [2.75, 3.05) is 13.2 Å². The highest BCUT2D eigenvalue weighted by atomic mass is 16.3. The molecule has 0 fully saturated rings. The SMILES string of the molecule is CCN/C=C\C(=N)CO. The van der Waals surface area contributed by atoms with Crippen LogP contribution in [-0.4, -0.2) is 24.0 Å². The van der Waals surface area contributed by atoms with E-state index in [1.807, 2.05) is 6.92 Å². The van der Waals surface area contributed by atoms with Crippen LogP contribution in [0, 0.1) is 5.41 Å². The highest BCUT2D eigenvalue weighted by Gasteiger charge is 1.81. The van der Waals surface area contributed by atoms with Gasteiger partial charge in [-0.3, -0.25) is 0 Å². The average Bonchev–Trinajstić information content (AvgIpc) is 1.89. The van der Waals surface area contributed by atoms with Crippen molar-refractivity contribution in [3.8, 4) is 0 Å². The molecule has 0 aromatic rings. The summed E-state index contributed by atoms with van der Waals surface area (Å²) < 4.78 is 0. The number of nitrogens with one attached hydrogen (secondary N) is 2. The van der Waals surface area contributed by atoms with E-state index in [0.717, 1.165) is 6.54 Å². The Morgan fingerprint density at radius 2 is 2.44 bits per heavy atom. The third-order valence-electron chi connectivity index (χ3n) is 0.777. The van der Waals surface area contributed by atoms with Crippen LogP contribution in [0.15, 0.2) is 12.3 Å². The fourth-order valence-electron chi connectivity index (χ4n) is 0.330. The summed E-state index contributed by atoms with van der Waals surface area (Å²) in [5.41, 5.74) is 0.218. The first-order valence-electron chi connectivity index (χ1n) is 2.89. The van der Waals surface area contributed by atoms with E-state index in [1.54, 1.807) is 6.20 Å². The quantitative estimate of drug-likeness (QED) is 0.471. The number of hydrogen-bond donors (Lipinski definition) is 3. The van der Waals surface area contributed by atoms with Gasteiger partial charge in [-0.2, -0.15) is 0 Å². The molecule has 0 aliphatic rings. The molecule has 0 saturated heterocycles. The molecular formula is C6H12N2O. The van der Waals surface area contributed by atoms with Gasteiger partial charge in [0.05, 0.1) is 12.3 Å². The molecule has 0 aromatic heterocycles. The minimum absolute atomic E-state index is 0.193. The number of aliphatic hydroxyl groups is 1. The summed E-state index contributed by atoms with van der Waals surface area (Å²) in [6.07, 6.45) is 3.18. The van der Waals surface area contributed by atoms with E-state index in [-0.39, 0.29) is 12.3 Å². The molecule has 0 saturated carbocycles. The molecule has 0 rings (SSSR count). The van der Waals surface area contributed by atoms with E-state index in [0.29, 0.717) is 0 Å². The molecule has 0 aromatic carbocycles. The van der Waals surface area contributed by atoms with Crippen molar-refractivity contribution in [1.82, 2.24) is 5.32 Å². The van der Waals surface area contributed by atoms with Crippen LogP contribution in [0.4, 0.5) is 0 Å². The predicted octanol–water partition coefficient (Wildman–Crippen LogP) is 0.122.